The van der Waals surface area contributed by atoms with Gasteiger partial charge in [0.1, 0.15) is 5.58 Å². The Morgan fingerprint density at radius 1 is 1.28 bits per heavy atom. The molecule has 1 N–H and O–H groups in total. The number of benzene rings is 2. The molecule has 2 aromatic heterocycles. The molecule has 0 radical (unpaired) electrons. The average Bonchev–Trinajstić information content (AvgIpc) is 3.16. The molecule has 25 heavy (non-hydrogen) atoms. The van der Waals surface area contributed by atoms with Gasteiger partial charge in [-0.15, -0.1) is 0 Å². The predicted molar refractivity (Wildman–Crippen MR) is 99.2 cm³/mol. The maximum absolute atomic E-state index is 12.7. The van der Waals surface area contributed by atoms with Gasteiger partial charge in [-0.3, -0.25) is 10.1 Å². The van der Waals surface area contributed by atoms with Gasteiger partial charge in [-0.05, 0) is 30.7 Å². The highest BCUT2D eigenvalue weighted by atomic mass is 32.1. The summed E-state index contributed by atoms with van der Waals surface area (Å²) in [5.74, 6) is -0.0579. The summed E-state index contributed by atoms with van der Waals surface area (Å²) in [5, 5.41) is 4.28. The van der Waals surface area contributed by atoms with E-state index < -0.39 is 0 Å². The van der Waals surface area contributed by atoms with E-state index in [1.54, 1.807) is 7.11 Å². The number of hydrogen-bond donors (Lipinski definition) is 1. The molecule has 0 aliphatic carbocycles. The Morgan fingerprint density at radius 2 is 2.12 bits per heavy atom. The summed E-state index contributed by atoms with van der Waals surface area (Å²) >= 11 is 1.44. The molecule has 6 heteroatoms. The molecule has 0 fully saturated rings. The van der Waals surface area contributed by atoms with Crippen LogP contribution in [0.25, 0.3) is 21.2 Å². The molecule has 0 saturated carbocycles. The molecule has 0 aliphatic rings. The second kappa shape index (κ2) is 6.31. The summed E-state index contributed by atoms with van der Waals surface area (Å²) in [6, 6.07) is 13.6. The summed E-state index contributed by atoms with van der Waals surface area (Å²) in [5.41, 5.74) is 3.44. The largest absolute Gasteiger partial charge is 0.451 e. The highest BCUT2D eigenvalue weighted by Crippen LogP contribution is 2.30. The van der Waals surface area contributed by atoms with Crippen molar-refractivity contribution in [1.82, 2.24) is 4.98 Å². The molecular formula is C19H16N2O3S. The quantitative estimate of drug-likeness (QED) is 0.576. The van der Waals surface area contributed by atoms with Gasteiger partial charge in [-0.1, -0.05) is 35.6 Å². The van der Waals surface area contributed by atoms with Crippen molar-refractivity contribution in [2.75, 3.05) is 12.4 Å². The number of anilines is 1. The fourth-order valence-corrected chi connectivity index (χ4v) is 3.77. The van der Waals surface area contributed by atoms with E-state index in [1.807, 2.05) is 43.3 Å². The van der Waals surface area contributed by atoms with Crippen LogP contribution in [0.5, 0.6) is 0 Å². The summed E-state index contributed by atoms with van der Waals surface area (Å²) in [6.07, 6.45) is 0. The molecule has 4 rings (SSSR count). The Hall–Kier alpha value is -2.70. The van der Waals surface area contributed by atoms with Gasteiger partial charge >= 0.3 is 0 Å². The third-order valence-corrected chi connectivity index (χ3v) is 4.89. The van der Waals surface area contributed by atoms with E-state index in [4.69, 9.17) is 9.15 Å². The normalized spacial score (nSPS) is 11.3. The molecule has 0 aliphatic heterocycles. The van der Waals surface area contributed by atoms with Crippen LogP contribution < -0.4 is 5.32 Å². The van der Waals surface area contributed by atoms with E-state index in [-0.39, 0.29) is 11.7 Å². The standard InChI is InChI=1S/C19H16N2O3S/c1-11-7-8-14-16(9-11)25-19(20-14)21-18(22)17-13(10-23-2)12-5-3-4-6-15(12)24-17/h3-9H,10H2,1-2H3,(H,20,21,22). The first-order valence-corrected chi connectivity index (χ1v) is 8.65. The van der Waals surface area contributed by atoms with Crippen LogP contribution in [-0.2, 0) is 11.3 Å². The lowest BCUT2D eigenvalue weighted by atomic mass is 10.1. The lowest BCUT2D eigenvalue weighted by molar-refractivity contribution is 0.0992. The molecular weight excluding hydrogens is 336 g/mol. The minimum absolute atomic E-state index is 0.262. The summed E-state index contributed by atoms with van der Waals surface area (Å²) < 4.78 is 12.0. The zero-order valence-electron chi connectivity index (χ0n) is 13.8. The van der Waals surface area contributed by atoms with Crippen LogP contribution in [0.3, 0.4) is 0 Å². The number of hydrogen-bond acceptors (Lipinski definition) is 5. The van der Waals surface area contributed by atoms with Crippen LogP contribution in [0.15, 0.2) is 46.9 Å². The molecule has 0 unspecified atom stereocenters. The number of carbonyl (C=O) groups is 1. The number of furan rings is 1. The summed E-state index contributed by atoms with van der Waals surface area (Å²) in [7, 11) is 1.60. The number of aryl methyl sites for hydroxylation is 1. The summed E-state index contributed by atoms with van der Waals surface area (Å²) in [4.78, 5) is 17.2. The third kappa shape index (κ3) is 2.90. The fourth-order valence-electron chi connectivity index (χ4n) is 2.81. The van der Waals surface area contributed by atoms with Crippen molar-refractivity contribution in [1.29, 1.82) is 0 Å². The molecule has 1 amide bonds. The second-order valence-electron chi connectivity index (χ2n) is 5.78. The van der Waals surface area contributed by atoms with E-state index in [0.29, 0.717) is 17.3 Å². The Balaban J connectivity index is 1.70. The molecule has 2 aromatic carbocycles. The number of aromatic nitrogens is 1. The Bertz CT molecular complexity index is 1080. The van der Waals surface area contributed by atoms with E-state index in [9.17, 15) is 4.79 Å². The highest BCUT2D eigenvalue weighted by Gasteiger charge is 2.21. The minimum Gasteiger partial charge on any atom is -0.451 e. The number of ether oxygens (including phenoxy) is 1. The number of thiazole rings is 1. The maximum Gasteiger partial charge on any atom is 0.293 e. The number of para-hydroxylation sites is 1. The molecule has 126 valence electrons. The number of carbonyl (C=O) groups excluding carboxylic acids is 1. The third-order valence-electron chi connectivity index (χ3n) is 3.96. The Labute approximate surface area is 148 Å². The average molecular weight is 352 g/mol. The monoisotopic (exact) mass is 352 g/mol. The number of fused-ring (bicyclic) bond motifs is 2. The van der Waals surface area contributed by atoms with Gasteiger partial charge in [0.15, 0.2) is 10.9 Å². The molecule has 0 saturated heterocycles. The predicted octanol–water partition coefficient (Wildman–Crippen LogP) is 4.75. The Morgan fingerprint density at radius 3 is 2.96 bits per heavy atom. The number of nitrogens with one attached hydrogen (secondary N) is 1. The maximum atomic E-state index is 12.7. The van der Waals surface area contributed by atoms with E-state index in [1.165, 1.54) is 11.3 Å². The fraction of sp³-hybridized carbons (Fsp3) is 0.158. The van der Waals surface area contributed by atoms with Crippen molar-refractivity contribution >= 4 is 43.6 Å². The molecule has 4 aromatic rings. The van der Waals surface area contributed by atoms with Gasteiger partial charge < -0.3 is 9.15 Å². The molecule has 0 spiro atoms. The number of rotatable bonds is 4. The van der Waals surface area contributed by atoms with Crippen molar-refractivity contribution < 1.29 is 13.9 Å². The van der Waals surface area contributed by atoms with E-state index in [2.05, 4.69) is 16.4 Å². The highest BCUT2D eigenvalue weighted by molar-refractivity contribution is 7.22. The SMILES string of the molecule is COCc1c(C(=O)Nc2nc3ccc(C)cc3s2)oc2ccccc12. The first kappa shape index (κ1) is 15.8. The van der Waals surface area contributed by atoms with Crippen molar-refractivity contribution in [3.63, 3.8) is 0 Å². The molecule has 5 nitrogen and oxygen atoms in total. The van der Waals surface area contributed by atoms with Gasteiger partial charge in [0.05, 0.1) is 16.8 Å². The van der Waals surface area contributed by atoms with Crippen LogP contribution in [0, 0.1) is 6.92 Å². The topological polar surface area (TPSA) is 64.4 Å². The van der Waals surface area contributed by atoms with Gasteiger partial charge in [-0.25, -0.2) is 4.98 Å². The van der Waals surface area contributed by atoms with Crippen molar-refractivity contribution in [2.45, 2.75) is 13.5 Å². The lowest BCUT2D eigenvalue weighted by Crippen LogP contribution is -2.13. The zero-order chi connectivity index (χ0) is 17.4. The van der Waals surface area contributed by atoms with Crippen LogP contribution in [0.1, 0.15) is 21.7 Å². The van der Waals surface area contributed by atoms with Crippen LogP contribution in [0.4, 0.5) is 5.13 Å². The number of amides is 1. The number of methoxy groups -OCH3 is 1. The second-order valence-corrected chi connectivity index (χ2v) is 6.81. The van der Waals surface area contributed by atoms with Crippen molar-refractivity contribution in [2.24, 2.45) is 0 Å². The first-order chi connectivity index (χ1) is 12.2. The molecule has 2 heterocycles. The Kier molecular flexibility index (Phi) is 3.99. The zero-order valence-corrected chi connectivity index (χ0v) is 14.6. The minimum atomic E-state index is -0.320. The van der Waals surface area contributed by atoms with E-state index in [0.717, 1.165) is 26.7 Å². The van der Waals surface area contributed by atoms with Crippen molar-refractivity contribution in [3.05, 3.63) is 59.4 Å². The summed E-state index contributed by atoms with van der Waals surface area (Å²) in [6.45, 7) is 2.33. The number of nitrogens with zero attached hydrogens (tertiary/aromatic N) is 1. The van der Waals surface area contributed by atoms with Gasteiger partial charge in [-0.2, -0.15) is 0 Å². The van der Waals surface area contributed by atoms with Gasteiger partial charge in [0.25, 0.3) is 5.91 Å². The van der Waals surface area contributed by atoms with Crippen molar-refractivity contribution in [3.8, 4) is 0 Å². The van der Waals surface area contributed by atoms with Gasteiger partial charge in [0.2, 0.25) is 0 Å². The van der Waals surface area contributed by atoms with Gasteiger partial charge in [0, 0.05) is 18.1 Å². The lowest BCUT2D eigenvalue weighted by Gasteiger charge is -2.02. The smallest absolute Gasteiger partial charge is 0.293 e. The molecule has 0 atom stereocenters. The van der Waals surface area contributed by atoms with E-state index >= 15 is 0 Å². The van der Waals surface area contributed by atoms with Crippen LogP contribution in [0.2, 0.25) is 0 Å². The van der Waals surface area contributed by atoms with Crippen LogP contribution in [-0.4, -0.2) is 18.0 Å². The molecule has 0 bridgehead atoms. The van der Waals surface area contributed by atoms with Crippen LogP contribution >= 0.6 is 11.3 Å². The first-order valence-electron chi connectivity index (χ1n) is 7.83.